The van der Waals surface area contributed by atoms with Crippen molar-refractivity contribution in [2.24, 2.45) is 5.92 Å². The van der Waals surface area contributed by atoms with Gasteiger partial charge in [-0.15, -0.1) is 0 Å². The molecule has 1 aromatic carbocycles. The summed E-state index contributed by atoms with van der Waals surface area (Å²) in [6.45, 7) is 7.59. The molecule has 0 bridgehead atoms. The van der Waals surface area contributed by atoms with Crippen LogP contribution in [0.4, 0.5) is 4.79 Å². The van der Waals surface area contributed by atoms with E-state index in [1.54, 1.807) is 4.90 Å². The smallest absolute Gasteiger partial charge is 0.410 e. The van der Waals surface area contributed by atoms with E-state index in [2.05, 4.69) is 12.2 Å². The summed E-state index contributed by atoms with van der Waals surface area (Å²) in [6, 6.07) is 7.40. The lowest BCUT2D eigenvalue weighted by atomic mass is 9.95. The minimum atomic E-state index is -0.554. The predicted molar refractivity (Wildman–Crippen MR) is 116 cm³/mol. The summed E-state index contributed by atoms with van der Waals surface area (Å²) >= 11 is 5.93. The molecule has 0 spiro atoms. The molecule has 158 valence electrons. The molecule has 1 aromatic rings. The summed E-state index contributed by atoms with van der Waals surface area (Å²) in [7, 11) is 0. The first kappa shape index (κ1) is 21.7. The molecular weight excluding hydrogens is 388 g/mol. The Labute approximate surface area is 178 Å². The van der Waals surface area contributed by atoms with Crippen molar-refractivity contribution in [2.45, 2.75) is 58.1 Å². The highest BCUT2D eigenvalue weighted by Crippen LogP contribution is 2.26. The van der Waals surface area contributed by atoms with Gasteiger partial charge in [0.15, 0.2) is 0 Å². The normalized spacial score (nSPS) is 21.0. The molecule has 0 aliphatic carbocycles. The van der Waals surface area contributed by atoms with Gasteiger partial charge in [0, 0.05) is 24.7 Å². The number of hydrogen-bond donors (Lipinski definition) is 0. The molecule has 6 heteroatoms. The van der Waals surface area contributed by atoms with Crippen LogP contribution in [-0.2, 0) is 9.53 Å². The van der Waals surface area contributed by atoms with Gasteiger partial charge in [-0.2, -0.15) is 0 Å². The Morgan fingerprint density at radius 3 is 2.34 bits per heavy atom. The average molecular weight is 419 g/mol. The van der Waals surface area contributed by atoms with E-state index < -0.39 is 5.60 Å². The molecular formula is C23H31ClN2O3. The van der Waals surface area contributed by atoms with E-state index in [0.29, 0.717) is 18.9 Å². The van der Waals surface area contributed by atoms with E-state index in [-0.39, 0.29) is 18.0 Å². The number of halogens is 1. The second-order valence-corrected chi connectivity index (χ2v) is 9.34. The minimum Gasteiger partial charge on any atom is -0.444 e. The van der Waals surface area contributed by atoms with E-state index in [9.17, 15) is 9.59 Å². The maximum absolute atomic E-state index is 13.0. The molecule has 0 aromatic heterocycles. The second-order valence-electron chi connectivity index (χ2n) is 8.91. The number of ether oxygens (including phenoxy) is 1. The summed E-state index contributed by atoms with van der Waals surface area (Å²) in [6.07, 6.45) is 7.41. The molecule has 2 saturated heterocycles. The van der Waals surface area contributed by atoms with E-state index in [0.717, 1.165) is 42.9 Å². The van der Waals surface area contributed by atoms with Crippen LogP contribution in [0.25, 0.3) is 6.08 Å². The van der Waals surface area contributed by atoms with Crippen molar-refractivity contribution < 1.29 is 14.3 Å². The molecule has 2 aliphatic heterocycles. The van der Waals surface area contributed by atoms with Gasteiger partial charge in [0.1, 0.15) is 11.6 Å². The maximum Gasteiger partial charge on any atom is 0.410 e. The van der Waals surface area contributed by atoms with E-state index in [4.69, 9.17) is 16.3 Å². The number of amides is 2. The van der Waals surface area contributed by atoms with Gasteiger partial charge in [0.25, 0.3) is 0 Å². The molecule has 2 aliphatic rings. The second kappa shape index (κ2) is 9.21. The molecule has 0 radical (unpaired) electrons. The van der Waals surface area contributed by atoms with Crippen LogP contribution >= 0.6 is 11.6 Å². The van der Waals surface area contributed by atoms with Gasteiger partial charge >= 0.3 is 6.09 Å². The van der Waals surface area contributed by atoms with Crippen LogP contribution in [0.15, 0.2) is 30.3 Å². The van der Waals surface area contributed by atoms with Crippen molar-refractivity contribution in [1.29, 1.82) is 0 Å². The fourth-order valence-corrected chi connectivity index (χ4v) is 4.03. The third kappa shape index (κ3) is 5.99. The van der Waals surface area contributed by atoms with Gasteiger partial charge in [0.2, 0.25) is 5.91 Å². The van der Waals surface area contributed by atoms with Crippen LogP contribution in [0.5, 0.6) is 0 Å². The van der Waals surface area contributed by atoms with Gasteiger partial charge in [-0.1, -0.05) is 35.9 Å². The van der Waals surface area contributed by atoms with Crippen LogP contribution < -0.4 is 0 Å². The molecule has 2 heterocycles. The Morgan fingerprint density at radius 1 is 1.07 bits per heavy atom. The van der Waals surface area contributed by atoms with E-state index >= 15 is 0 Å². The van der Waals surface area contributed by atoms with Crippen LogP contribution in [0.2, 0.25) is 5.02 Å². The molecule has 1 atom stereocenters. The zero-order valence-corrected chi connectivity index (χ0v) is 18.3. The average Bonchev–Trinajstić information content (AvgIpc) is 3.16. The van der Waals surface area contributed by atoms with Gasteiger partial charge in [-0.3, -0.25) is 9.69 Å². The predicted octanol–water partition coefficient (Wildman–Crippen LogP) is 4.99. The molecule has 2 fully saturated rings. The Morgan fingerprint density at radius 2 is 1.72 bits per heavy atom. The molecule has 0 N–H and O–H groups in total. The number of hydrogen-bond acceptors (Lipinski definition) is 3. The van der Waals surface area contributed by atoms with Crippen LogP contribution in [-0.4, -0.2) is 53.1 Å². The van der Waals surface area contributed by atoms with Crippen molar-refractivity contribution in [3.63, 3.8) is 0 Å². The number of likely N-dealkylation sites (tertiary alicyclic amines) is 2. The van der Waals surface area contributed by atoms with Crippen molar-refractivity contribution in [1.82, 2.24) is 9.80 Å². The topological polar surface area (TPSA) is 49.9 Å². The van der Waals surface area contributed by atoms with Gasteiger partial charge in [0.05, 0.1) is 0 Å². The molecule has 1 unspecified atom stereocenters. The monoisotopic (exact) mass is 418 g/mol. The maximum atomic E-state index is 13.0. The first-order chi connectivity index (χ1) is 13.7. The number of allylic oxidation sites excluding steroid dienone is 1. The Bertz CT molecular complexity index is 746. The lowest BCUT2D eigenvalue weighted by Crippen LogP contribution is -2.50. The molecule has 2 amide bonds. The third-order valence-electron chi connectivity index (χ3n) is 5.45. The number of nitrogens with zero attached hydrogens (tertiary/aromatic N) is 2. The first-order valence-electron chi connectivity index (χ1n) is 10.4. The Kier molecular flexibility index (Phi) is 6.89. The molecule has 29 heavy (non-hydrogen) atoms. The third-order valence-corrected chi connectivity index (χ3v) is 5.70. The van der Waals surface area contributed by atoms with E-state index in [1.807, 2.05) is 49.9 Å². The number of piperidine rings is 1. The summed E-state index contributed by atoms with van der Waals surface area (Å²) in [5, 5.41) is 0.737. The lowest BCUT2D eigenvalue weighted by Gasteiger charge is -2.35. The van der Waals surface area contributed by atoms with Crippen LogP contribution in [0.1, 0.15) is 52.0 Å². The fourth-order valence-electron chi connectivity index (χ4n) is 3.91. The minimum absolute atomic E-state index is 0.0634. The number of benzene rings is 1. The van der Waals surface area contributed by atoms with Gasteiger partial charge < -0.3 is 9.64 Å². The summed E-state index contributed by atoms with van der Waals surface area (Å²) in [5.41, 5.74) is 0.578. The van der Waals surface area contributed by atoms with Gasteiger partial charge in [-0.05, 0) is 70.1 Å². The lowest BCUT2D eigenvalue weighted by molar-refractivity contribution is -0.137. The Balaban J connectivity index is 1.52. The largest absolute Gasteiger partial charge is 0.444 e. The molecule has 3 rings (SSSR count). The number of rotatable bonds is 3. The first-order valence-corrected chi connectivity index (χ1v) is 10.8. The molecule has 5 nitrogen and oxygen atoms in total. The van der Waals surface area contributed by atoms with Crippen molar-refractivity contribution in [3.05, 3.63) is 40.9 Å². The zero-order valence-electron chi connectivity index (χ0n) is 17.6. The van der Waals surface area contributed by atoms with Crippen LogP contribution in [0, 0.1) is 5.92 Å². The highest BCUT2D eigenvalue weighted by Gasteiger charge is 2.39. The summed E-state index contributed by atoms with van der Waals surface area (Å²) in [5.74, 6) is 0.522. The summed E-state index contributed by atoms with van der Waals surface area (Å²) in [4.78, 5) is 29.0. The van der Waals surface area contributed by atoms with Crippen LogP contribution in [0.3, 0.4) is 0 Å². The van der Waals surface area contributed by atoms with E-state index in [1.165, 1.54) is 0 Å². The van der Waals surface area contributed by atoms with Crippen molar-refractivity contribution >= 4 is 29.7 Å². The quantitative estimate of drug-likeness (QED) is 0.694. The van der Waals surface area contributed by atoms with Crippen molar-refractivity contribution in [2.75, 3.05) is 19.6 Å². The number of carbonyl (C=O) groups excluding carboxylic acids is 2. The van der Waals surface area contributed by atoms with Gasteiger partial charge in [-0.25, -0.2) is 4.79 Å². The Hall–Kier alpha value is -2.01. The summed E-state index contributed by atoms with van der Waals surface area (Å²) < 4.78 is 5.49. The highest BCUT2D eigenvalue weighted by molar-refractivity contribution is 6.30. The zero-order chi connectivity index (χ0) is 21.0. The SMILES string of the molecule is CC(C)(C)OC(=O)N1CCCC1C(=O)N1CCC(/C=C/c2ccc(Cl)cc2)CC1. The molecule has 0 saturated carbocycles. The number of carbonyl (C=O) groups is 2. The van der Waals surface area contributed by atoms with Crippen molar-refractivity contribution in [3.8, 4) is 0 Å². The fraction of sp³-hybridized carbons (Fsp3) is 0.565. The highest BCUT2D eigenvalue weighted by atomic mass is 35.5. The standard InChI is InChI=1S/C23H31ClN2O3/c1-23(2,3)29-22(28)26-14-4-5-20(26)21(27)25-15-12-18(13-16-25)7-6-17-8-10-19(24)11-9-17/h6-11,18,20H,4-5,12-16H2,1-3H3/b7-6+.